The van der Waals surface area contributed by atoms with Crippen molar-refractivity contribution in [3.05, 3.63) is 29.3 Å². The minimum absolute atomic E-state index is 0.182. The number of hydrogen-bond acceptors (Lipinski definition) is 6. The summed E-state index contributed by atoms with van der Waals surface area (Å²) < 4.78 is 6.23. The number of methoxy groups -OCH3 is 1. The van der Waals surface area contributed by atoms with Crippen LogP contribution >= 0.6 is 11.8 Å². The Morgan fingerprint density at radius 2 is 2.21 bits per heavy atom. The predicted molar refractivity (Wildman–Crippen MR) is 71.4 cm³/mol. The lowest BCUT2D eigenvalue weighted by molar-refractivity contribution is -0.137. The van der Waals surface area contributed by atoms with Crippen LogP contribution in [-0.2, 0) is 9.53 Å². The number of aryl methyl sites for hydroxylation is 2. The molecule has 0 fully saturated rings. The monoisotopic (exact) mass is 278 g/mol. The van der Waals surface area contributed by atoms with Crippen molar-refractivity contribution in [2.24, 2.45) is 0 Å². The highest BCUT2D eigenvalue weighted by Gasteiger charge is 2.13. The molecule has 0 saturated carbocycles. The molecule has 1 aromatic carbocycles. The van der Waals surface area contributed by atoms with Gasteiger partial charge in [-0.1, -0.05) is 23.9 Å². The van der Waals surface area contributed by atoms with Crippen LogP contribution in [0.2, 0.25) is 0 Å². The van der Waals surface area contributed by atoms with Gasteiger partial charge in [0.15, 0.2) is 0 Å². The lowest BCUT2D eigenvalue weighted by Gasteiger charge is -2.08. The van der Waals surface area contributed by atoms with E-state index in [0.717, 1.165) is 16.8 Å². The number of esters is 1. The normalized spacial score (nSPS) is 10.5. The maximum absolute atomic E-state index is 11.2. The van der Waals surface area contributed by atoms with E-state index in [9.17, 15) is 4.79 Å². The number of ether oxygens (including phenoxy) is 1. The lowest BCUT2D eigenvalue weighted by Crippen LogP contribution is -2.06. The average molecular weight is 278 g/mol. The minimum atomic E-state index is -0.305. The van der Waals surface area contributed by atoms with E-state index in [0.29, 0.717) is 5.16 Å². The summed E-state index contributed by atoms with van der Waals surface area (Å²) in [5, 5.41) is 12.1. The first-order chi connectivity index (χ1) is 9.11. The molecule has 1 aromatic heterocycles. The fourth-order valence-electron chi connectivity index (χ4n) is 1.55. The van der Waals surface area contributed by atoms with Crippen LogP contribution in [0, 0.1) is 13.8 Å². The molecular weight excluding hydrogens is 264 g/mol. The van der Waals surface area contributed by atoms with Crippen LogP contribution in [0.25, 0.3) is 5.69 Å². The average Bonchev–Trinajstić information content (AvgIpc) is 2.87. The van der Waals surface area contributed by atoms with E-state index >= 15 is 0 Å². The van der Waals surface area contributed by atoms with Crippen molar-refractivity contribution in [1.29, 1.82) is 0 Å². The maximum atomic E-state index is 11.2. The molecule has 0 radical (unpaired) electrons. The van der Waals surface area contributed by atoms with Crippen LogP contribution in [0.4, 0.5) is 0 Å². The summed E-state index contributed by atoms with van der Waals surface area (Å²) in [7, 11) is 1.36. The van der Waals surface area contributed by atoms with E-state index in [2.05, 4.69) is 20.3 Å². The van der Waals surface area contributed by atoms with Crippen molar-refractivity contribution in [1.82, 2.24) is 20.2 Å². The molecule has 0 N–H and O–H groups in total. The van der Waals surface area contributed by atoms with Crippen LogP contribution in [0.5, 0.6) is 0 Å². The van der Waals surface area contributed by atoms with Crippen molar-refractivity contribution in [3.63, 3.8) is 0 Å². The summed E-state index contributed by atoms with van der Waals surface area (Å²) in [4.78, 5) is 11.2. The van der Waals surface area contributed by atoms with Crippen molar-refractivity contribution in [3.8, 4) is 5.69 Å². The standard InChI is InChI=1S/C12H14N4O2S/c1-8-4-5-9(2)10(6-8)16-12(13-14-15-16)19-7-11(17)18-3/h4-6H,7H2,1-3H3. The molecular formula is C12H14N4O2S. The van der Waals surface area contributed by atoms with Crippen LogP contribution < -0.4 is 0 Å². The highest BCUT2D eigenvalue weighted by molar-refractivity contribution is 7.99. The quantitative estimate of drug-likeness (QED) is 0.624. The number of nitrogens with zero attached hydrogens (tertiary/aromatic N) is 4. The topological polar surface area (TPSA) is 69.9 Å². The first kappa shape index (κ1) is 13.5. The van der Waals surface area contributed by atoms with Gasteiger partial charge >= 0.3 is 5.97 Å². The second-order valence-corrected chi connectivity index (χ2v) is 4.97. The molecule has 0 bridgehead atoms. The van der Waals surface area contributed by atoms with E-state index < -0.39 is 0 Å². The first-order valence-electron chi connectivity index (χ1n) is 5.67. The third kappa shape index (κ3) is 3.11. The van der Waals surface area contributed by atoms with Gasteiger partial charge in [0.05, 0.1) is 18.6 Å². The van der Waals surface area contributed by atoms with Crippen LogP contribution in [0.1, 0.15) is 11.1 Å². The number of rotatable bonds is 4. The fourth-order valence-corrected chi connectivity index (χ4v) is 2.27. The Labute approximate surface area is 115 Å². The number of tetrazole rings is 1. The summed E-state index contributed by atoms with van der Waals surface area (Å²) in [6, 6.07) is 6.06. The molecule has 0 aliphatic carbocycles. The Kier molecular flexibility index (Phi) is 4.16. The van der Waals surface area contributed by atoms with Gasteiger partial charge in [0, 0.05) is 0 Å². The van der Waals surface area contributed by atoms with Crippen molar-refractivity contribution in [2.45, 2.75) is 19.0 Å². The first-order valence-corrected chi connectivity index (χ1v) is 6.66. The van der Waals surface area contributed by atoms with E-state index in [1.54, 1.807) is 4.68 Å². The molecule has 0 saturated heterocycles. The highest BCUT2D eigenvalue weighted by Crippen LogP contribution is 2.21. The van der Waals surface area contributed by atoms with Crippen molar-refractivity contribution >= 4 is 17.7 Å². The number of aromatic nitrogens is 4. The Morgan fingerprint density at radius 1 is 1.42 bits per heavy atom. The second-order valence-electron chi connectivity index (χ2n) is 4.03. The zero-order valence-electron chi connectivity index (χ0n) is 11.0. The summed E-state index contributed by atoms with van der Waals surface area (Å²) in [5.74, 6) is -0.123. The fraction of sp³-hybridized carbons (Fsp3) is 0.333. The molecule has 0 unspecified atom stereocenters. The van der Waals surface area contributed by atoms with Gasteiger partial charge in [0.2, 0.25) is 5.16 Å². The van der Waals surface area contributed by atoms with Gasteiger partial charge in [-0.15, -0.1) is 5.10 Å². The molecule has 19 heavy (non-hydrogen) atoms. The Bertz CT molecular complexity index is 597. The van der Waals surface area contributed by atoms with Crippen LogP contribution in [0.3, 0.4) is 0 Å². The smallest absolute Gasteiger partial charge is 0.316 e. The molecule has 6 nitrogen and oxygen atoms in total. The zero-order chi connectivity index (χ0) is 13.8. The van der Waals surface area contributed by atoms with Crippen molar-refractivity contribution in [2.75, 3.05) is 12.9 Å². The molecule has 2 aromatic rings. The zero-order valence-corrected chi connectivity index (χ0v) is 11.8. The summed E-state index contributed by atoms with van der Waals surface area (Å²) >= 11 is 1.25. The molecule has 2 rings (SSSR count). The molecule has 100 valence electrons. The van der Waals surface area contributed by atoms with Gasteiger partial charge in [-0.05, 0) is 41.5 Å². The second kappa shape index (κ2) is 5.83. The van der Waals surface area contributed by atoms with Gasteiger partial charge < -0.3 is 4.74 Å². The molecule has 1 heterocycles. The van der Waals surface area contributed by atoms with Gasteiger partial charge in [0.25, 0.3) is 0 Å². The van der Waals surface area contributed by atoms with Crippen molar-refractivity contribution < 1.29 is 9.53 Å². The largest absolute Gasteiger partial charge is 0.468 e. The van der Waals surface area contributed by atoms with Gasteiger partial charge in [-0.3, -0.25) is 4.79 Å². The molecule has 0 atom stereocenters. The third-order valence-electron chi connectivity index (χ3n) is 2.58. The predicted octanol–water partition coefficient (Wildman–Crippen LogP) is 1.54. The Balaban J connectivity index is 2.28. The summed E-state index contributed by atoms with van der Waals surface area (Å²) in [6.07, 6.45) is 0. The highest BCUT2D eigenvalue weighted by atomic mass is 32.2. The molecule has 0 spiro atoms. The third-order valence-corrected chi connectivity index (χ3v) is 3.47. The SMILES string of the molecule is COC(=O)CSc1nnnn1-c1cc(C)ccc1C. The van der Waals surface area contributed by atoms with Gasteiger partial charge in [-0.2, -0.15) is 4.68 Å². The number of benzene rings is 1. The summed E-state index contributed by atoms with van der Waals surface area (Å²) in [5.41, 5.74) is 3.11. The molecule has 0 aliphatic heterocycles. The molecule has 0 amide bonds. The molecule has 0 aliphatic rings. The number of thioether (sulfide) groups is 1. The van der Waals surface area contributed by atoms with Gasteiger partial charge in [-0.25, -0.2) is 0 Å². The van der Waals surface area contributed by atoms with E-state index in [1.165, 1.54) is 18.9 Å². The Hall–Kier alpha value is -1.89. The number of hydrogen-bond donors (Lipinski definition) is 0. The van der Waals surface area contributed by atoms with E-state index in [4.69, 9.17) is 0 Å². The number of carbonyl (C=O) groups excluding carboxylic acids is 1. The van der Waals surface area contributed by atoms with E-state index in [-0.39, 0.29) is 11.7 Å². The van der Waals surface area contributed by atoms with Gasteiger partial charge in [0.1, 0.15) is 0 Å². The molecule has 7 heteroatoms. The van der Waals surface area contributed by atoms with Crippen LogP contribution in [0.15, 0.2) is 23.4 Å². The van der Waals surface area contributed by atoms with Crippen LogP contribution in [-0.4, -0.2) is 39.0 Å². The Morgan fingerprint density at radius 3 is 2.95 bits per heavy atom. The minimum Gasteiger partial charge on any atom is -0.468 e. The maximum Gasteiger partial charge on any atom is 0.316 e. The van der Waals surface area contributed by atoms with E-state index in [1.807, 2.05) is 32.0 Å². The number of carbonyl (C=O) groups is 1. The summed E-state index contributed by atoms with van der Waals surface area (Å²) in [6.45, 7) is 4.00. The lowest BCUT2D eigenvalue weighted by atomic mass is 10.1.